The Balaban J connectivity index is 0.00000208. The molecular formula is C17H26ClIN4O. The number of hydrogen-bond acceptors (Lipinski definition) is 3. The van der Waals surface area contributed by atoms with E-state index in [0.717, 1.165) is 56.9 Å². The van der Waals surface area contributed by atoms with Crippen molar-refractivity contribution >= 4 is 47.2 Å². The summed E-state index contributed by atoms with van der Waals surface area (Å²) in [5.74, 6) is 0.601. The van der Waals surface area contributed by atoms with Crippen LogP contribution in [0.2, 0.25) is 5.02 Å². The molecule has 3 rings (SSSR count). The zero-order valence-electron chi connectivity index (χ0n) is 13.8. The summed E-state index contributed by atoms with van der Waals surface area (Å²) in [6, 6.07) is 7.94. The van der Waals surface area contributed by atoms with Gasteiger partial charge in [0.25, 0.3) is 0 Å². The highest BCUT2D eigenvalue weighted by atomic mass is 127. The van der Waals surface area contributed by atoms with E-state index in [9.17, 15) is 5.11 Å². The van der Waals surface area contributed by atoms with E-state index < -0.39 is 5.60 Å². The molecule has 5 nitrogen and oxygen atoms in total. The third kappa shape index (κ3) is 4.89. The molecule has 2 fully saturated rings. The molecule has 7 heteroatoms. The Morgan fingerprint density at radius 2 is 1.79 bits per heavy atom. The Bertz CT molecular complexity index is 554. The van der Waals surface area contributed by atoms with Crippen molar-refractivity contribution in [3.63, 3.8) is 0 Å². The summed E-state index contributed by atoms with van der Waals surface area (Å²) in [6.07, 6.45) is 3.66. The van der Waals surface area contributed by atoms with Crippen LogP contribution in [0.4, 0.5) is 5.69 Å². The van der Waals surface area contributed by atoms with Crippen LogP contribution in [0.1, 0.15) is 25.7 Å². The quantitative estimate of drug-likeness (QED) is 0.408. The number of halogens is 2. The Morgan fingerprint density at radius 3 is 2.33 bits per heavy atom. The Morgan fingerprint density at radius 1 is 1.17 bits per heavy atom. The van der Waals surface area contributed by atoms with Gasteiger partial charge < -0.3 is 20.6 Å². The minimum absolute atomic E-state index is 0. The monoisotopic (exact) mass is 464 g/mol. The number of rotatable bonds is 4. The average Bonchev–Trinajstić information content (AvgIpc) is 2.54. The molecule has 24 heavy (non-hydrogen) atoms. The van der Waals surface area contributed by atoms with Gasteiger partial charge in [0.2, 0.25) is 0 Å². The fourth-order valence-electron chi connectivity index (χ4n) is 3.16. The van der Waals surface area contributed by atoms with E-state index in [4.69, 9.17) is 17.3 Å². The van der Waals surface area contributed by atoms with Gasteiger partial charge in [-0.2, -0.15) is 0 Å². The SMILES string of the molecule is I.NC(=NCCC1(O)CCC1)N1CCN(c2ccc(Cl)cc2)CC1. The second kappa shape index (κ2) is 8.58. The highest BCUT2D eigenvalue weighted by Crippen LogP contribution is 2.34. The lowest BCUT2D eigenvalue weighted by atomic mass is 9.78. The molecule has 1 aromatic rings. The molecule has 134 valence electrons. The second-order valence-electron chi connectivity index (χ2n) is 6.52. The third-order valence-electron chi connectivity index (χ3n) is 4.93. The highest BCUT2D eigenvalue weighted by Gasteiger charge is 2.33. The summed E-state index contributed by atoms with van der Waals surface area (Å²) in [5.41, 5.74) is 6.82. The molecule has 0 radical (unpaired) electrons. The van der Waals surface area contributed by atoms with E-state index in [1.807, 2.05) is 12.1 Å². The lowest BCUT2D eigenvalue weighted by Crippen LogP contribution is -2.51. The molecule has 1 heterocycles. The molecule has 0 aromatic heterocycles. The smallest absolute Gasteiger partial charge is 0.191 e. The molecule has 2 aliphatic rings. The third-order valence-corrected chi connectivity index (χ3v) is 5.18. The first-order valence-electron chi connectivity index (χ1n) is 8.34. The van der Waals surface area contributed by atoms with Gasteiger partial charge in [0.1, 0.15) is 0 Å². The molecule has 0 unspecified atom stereocenters. The minimum atomic E-state index is -0.475. The van der Waals surface area contributed by atoms with Crippen LogP contribution >= 0.6 is 35.6 Å². The first-order valence-corrected chi connectivity index (χ1v) is 8.71. The molecule has 0 atom stereocenters. The fraction of sp³-hybridized carbons (Fsp3) is 0.588. The van der Waals surface area contributed by atoms with Gasteiger partial charge in [0.05, 0.1) is 5.60 Å². The maximum absolute atomic E-state index is 10.1. The number of aliphatic imine (C=N–C) groups is 1. The number of hydrogen-bond donors (Lipinski definition) is 2. The summed E-state index contributed by atoms with van der Waals surface area (Å²) < 4.78 is 0. The molecule has 1 saturated heterocycles. The molecule has 3 N–H and O–H groups in total. The number of nitrogens with two attached hydrogens (primary N) is 1. The van der Waals surface area contributed by atoms with E-state index in [1.54, 1.807) is 0 Å². The van der Waals surface area contributed by atoms with Crippen LogP contribution < -0.4 is 10.6 Å². The van der Waals surface area contributed by atoms with Gasteiger partial charge in [-0.25, -0.2) is 0 Å². The zero-order chi connectivity index (χ0) is 16.3. The average molecular weight is 465 g/mol. The van der Waals surface area contributed by atoms with E-state index >= 15 is 0 Å². The van der Waals surface area contributed by atoms with Crippen LogP contribution in [-0.2, 0) is 0 Å². The maximum atomic E-state index is 10.1. The molecule has 0 amide bonds. The van der Waals surface area contributed by atoms with Crippen molar-refractivity contribution in [1.29, 1.82) is 0 Å². The summed E-state index contributed by atoms with van der Waals surface area (Å²) in [7, 11) is 0. The van der Waals surface area contributed by atoms with Gasteiger partial charge >= 0.3 is 0 Å². The molecule has 1 saturated carbocycles. The van der Waals surface area contributed by atoms with Crippen molar-refractivity contribution in [1.82, 2.24) is 4.90 Å². The first kappa shape index (κ1) is 19.6. The van der Waals surface area contributed by atoms with Crippen LogP contribution in [0, 0.1) is 0 Å². The first-order chi connectivity index (χ1) is 11.1. The standard InChI is InChI=1S/C17H25ClN4O.HI/c18-14-2-4-15(5-3-14)21-10-12-22(13-11-21)16(19)20-9-8-17(23)6-1-7-17;/h2-5,23H,1,6-13H2,(H2,19,20);1H. The number of piperazine rings is 1. The van der Waals surface area contributed by atoms with Crippen LogP contribution in [0.3, 0.4) is 0 Å². The van der Waals surface area contributed by atoms with Crippen molar-refractivity contribution in [2.45, 2.75) is 31.3 Å². The van der Waals surface area contributed by atoms with Crippen molar-refractivity contribution in [3.8, 4) is 0 Å². The van der Waals surface area contributed by atoms with Gasteiger partial charge in [-0.1, -0.05) is 11.6 Å². The van der Waals surface area contributed by atoms with E-state index in [2.05, 4.69) is 26.9 Å². The van der Waals surface area contributed by atoms with Crippen LogP contribution in [-0.4, -0.2) is 54.3 Å². The van der Waals surface area contributed by atoms with Crippen LogP contribution in [0.25, 0.3) is 0 Å². The van der Waals surface area contributed by atoms with Gasteiger partial charge in [0, 0.05) is 43.4 Å². The maximum Gasteiger partial charge on any atom is 0.191 e. The molecule has 0 bridgehead atoms. The summed E-state index contributed by atoms with van der Waals surface area (Å²) in [5, 5.41) is 10.8. The second-order valence-corrected chi connectivity index (χ2v) is 6.95. The molecule has 1 aromatic carbocycles. The Kier molecular flexibility index (Phi) is 7.00. The predicted octanol–water partition coefficient (Wildman–Crippen LogP) is 2.70. The van der Waals surface area contributed by atoms with Crippen molar-refractivity contribution < 1.29 is 5.11 Å². The van der Waals surface area contributed by atoms with E-state index in [-0.39, 0.29) is 24.0 Å². The molecule has 1 aliphatic carbocycles. The fourth-order valence-corrected chi connectivity index (χ4v) is 3.29. The minimum Gasteiger partial charge on any atom is -0.390 e. The van der Waals surface area contributed by atoms with Crippen LogP contribution in [0.15, 0.2) is 29.3 Å². The van der Waals surface area contributed by atoms with Crippen LogP contribution in [0.5, 0.6) is 0 Å². The van der Waals surface area contributed by atoms with E-state index in [0.29, 0.717) is 12.5 Å². The largest absolute Gasteiger partial charge is 0.390 e. The Hall–Kier alpha value is -0.730. The molecule has 1 aliphatic heterocycles. The van der Waals surface area contributed by atoms with Gasteiger partial charge in [-0.3, -0.25) is 4.99 Å². The lowest BCUT2D eigenvalue weighted by molar-refractivity contribution is -0.0378. The molecule has 0 spiro atoms. The number of guanidine groups is 1. The van der Waals surface area contributed by atoms with Crippen molar-refractivity contribution in [2.75, 3.05) is 37.6 Å². The Labute approximate surface area is 165 Å². The zero-order valence-corrected chi connectivity index (χ0v) is 16.9. The number of anilines is 1. The summed E-state index contributed by atoms with van der Waals surface area (Å²) in [4.78, 5) is 8.90. The van der Waals surface area contributed by atoms with Gasteiger partial charge in [-0.15, -0.1) is 24.0 Å². The van der Waals surface area contributed by atoms with Crippen molar-refractivity contribution in [3.05, 3.63) is 29.3 Å². The van der Waals surface area contributed by atoms with Gasteiger partial charge in [-0.05, 0) is 49.9 Å². The predicted molar refractivity (Wildman–Crippen MR) is 111 cm³/mol. The summed E-state index contributed by atoms with van der Waals surface area (Å²) in [6.45, 7) is 4.17. The number of aliphatic hydroxyl groups is 1. The van der Waals surface area contributed by atoms with Crippen molar-refractivity contribution in [2.24, 2.45) is 10.7 Å². The highest BCUT2D eigenvalue weighted by molar-refractivity contribution is 14.0. The van der Waals surface area contributed by atoms with E-state index in [1.165, 1.54) is 5.69 Å². The molecular weight excluding hydrogens is 439 g/mol. The van der Waals surface area contributed by atoms with Gasteiger partial charge in [0.15, 0.2) is 5.96 Å². The number of nitrogens with zero attached hydrogens (tertiary/aromatic N) is 3. The lowest BCUT2D eigenvalue weighted by Gasteiger charge is -2.37. The normalized spacial score (nSPS) is 20.3. The summed E-state index contributed by atoms with van der Waals surface area (Å²) >= 11 is 5.93. The topological polar surface area (TPSA) is 65.1 Å². The number of benzene rings is 1.